The van der Waals surface area contributed by atoms with Crippen molar-refractivity contribution in [1.82, 2.24) is 9.97 Å². The van der Waals surface area contributed by atoms with Crippen molar-refractivity contribution >= 4 is 40.2 Å². The van der Waals surface area contributed by atoms with Crippen LogP contribution >= 0.6 is 11.6 Å². The van der Waals surface area contributed by atoms with Crippen molar-refractivity contribution in [3.8, 4) is 0 Å². The maximum Gasteiger partial charge on any atom is 0.234 e. The highest BCUT2D eigenvalue weighted by Gasteiger charge is 2.31. The minimum absolute atomic E-state index is 0.0651. The number of anilines is 2. The van der Waals surface area contributed by atoms with Gasteiger partial charge in [0.2, 0.25) is 11.9 Å². The Balaban J connectivity index is 2.10. The van der Waals surface area contributed by atoms with Gasteiger partial charge >= 0.3 is 0 Å². The fourth-order valence-electron chi connectivity index (χ4n) is 2.07. The normalized spacial score (nSPS) is 19.7. The van der Waals surface area contributed by atoms with Crippen molar-refractivity contribution in [2.45, 2.75) is 11.8 Å². The van der Waals surface area contributed by atoms with Crippen LogP contribution < -0.4 is 10.6 Å². The molecule has 1 aromatic heterocycles. The number of nitrogens with zero attached hydrogens (tertiary/aromatic N) is 3. The van der Waals surface area contributed by atoms with Crippen molar-refractivity contribution in [3.63, 3.8) is 0 Å². The van der Waals surface area contributed by atoms with Crippen molar-refractivity contribution in [2.75, 3.05) is 17.2 Å². The van der Waals surface area contributed by atoms with Gasteiger partial charge in [-0.15, -0.1) is 11.6 Å². The molecule has 3 rings (SSSR count). The van der Waals surface area contributed by atoms with Crippen LogP contribution in [-0.4, -0.2) is 27.8 Å². The molecule has 1 fully saturated rings. The van der Waals surface area contributed by atoms with E-state index in [0.717, 1.165) is 10.9 Å². The van der Waals surface area contributed by atoms with E-state index in [1.165, 1.54) is 4.90 Å². The SMILES string of the molecule is Nc1nc(N2CC(Cl)CC2=O)nc2ccccc12. The summed E-state index contributed by atoms with van der Waals surface area (Å²) in [4.78, 5) is 21.8. The zero-order chi connectivity index (χ0) is 12.7. The first-order valence-electron chi connectivity index (χ1n) is 5.62. The number of nitrogen functional groups attached to an aromatic ring is 1. The minimum Gasteiger partial charge on any atom is -0.383 e. The number of halogens is 1. The van der Waals surface area contributed by atoms with Gasteiger partial charge in [0.15, 0.2) is 0 Å². The van der Waals surface area contributed by atoms with E-state index in [-0.39, 0.29) is 11.3 Å². The van der Waals surface area contributed by atoms with Gasteiger partial charge in [0.05, 0.1) is 10.9 Å². The molecule has 6 heteroatoms. The number of aromatic nitrogens is 2. The Morgan fingerprint density at radius 3 is 2.83 bits per heavy atom. The van der Waals surface area contributed by atoms with Crippen molar-refractivity contribution in [1.29, 1.82) is 0 Å². The van der Waals surface area contributed by atoms with Crippen LogP contribution in [-0.2, 0) is 4.79 Å². The van der Waals surface area contributed by atoms with Gasteiger partial charge in [-0.1, -0.05) is 12.1 Å². The van der Waals surface area contributed by atoms with E-state index < -0.39 is 0 Å². The lowest BCUT2D eigenvalue weighted by molar-refractivity contribution is -0.117. The smallest absolute Gasteiger partial charge is 0.234 e. The summed E-state index contributed by atoms with van der Waals surface area (Å²) in [5, 5.41) is 0.601. The molecule has 1 saturated heterocycles. The molecule has 0 spiro atoms. The molecule has 0 radical (unpaired) electrons. The number of para-hydroxylation sites is 1. The van der Waals surface area contributed by atoms with Crippen LogP contribution in [0.4, 0.5) is 11.8 Å². The Labute approximate surface area is 109 Å². The predicted octanol–water partition coefficient (Wildman–Crippen LogP) is 1.56. The third kappa shape index (κ3) is 1.76. The molecule has 1 atom stereocenters. The third-order valence-electron chi connectivity index (χ3n) is 2.94. The lowest BCUT2D eigenvalue weighted by Gasteiger charge is -2.14. The van der Waals surface area contributed by atoms with Gasteiger partial charge in [0.25, 0.3) is 0 Å². The van der Waals surface area contributed by atoms with Crippen LogP contribution in [0.2, 0.25) is 0 Å². The number of carbonyl (C=O) groups is 1. The molecule has 0 aliphatic carbocycles. The average Bonchev–Trinajstić information content (AvgIpc) is 2.68. The number of hydrogen-bond acceptors (Lipinski definition) is 4. The number of hydrogen-bond donors (Lipinski definition) is 1. The van der Waals surface area contributed by atoms with Gasteiger partial charge in [-0.05, 0) is 12.1 Å². The Kier molecular flexibility index (Phi) is 2.56. The van der Waals surface area contributed by atoms with Gasteiger partial charge in [-0.3, -0.25) is 9.69 Å². The first kappa shape index (κ1) is 11.2. The van der Waals surface area contributed by atoms with Crippen LogP contribution in [0.15, 0.2) is 24.3 Å². The highest BCUT2D eigenvalue weighted by molar-refractivity contribution is 6.24. The monoisotopic (exact) mass is 262 g/mol. The van der Waals surface area contributed by atoms with Gasteiger partial charge < -0.3 is 5.73 Å². The molecule has 1 aliphatic rings. The first-order chi connectivity index (χ1) is 8.65. The maximum absolute atomic E-state index is 11.8. The summed E-state index contributed by atoms with van der Waals surface area (Å²) in [7, 11) is 0. The molecule has 18 heavy (non-hydrogen) atoms. The zero-order valence-electron chi connectivity index (χ0n) is 9.51. The third-order valence-corrected chi connectivity index (χ3v) is 3.23. The highest BCUT2D eigenvalue weighted by Crippen LogP contribution is 2.25. The van der Waals surface area contributed by atoms with Crippen LogP contribution in [0.3, 0.4) is 0 Å². The molecule has 2 N–H and O–H groups in total. The molecule has 92 valence electrons. The summed E-state index contributed by atoms with van der Waals surface area (Å²) < 4.78 is 0. The lowest BCUT2D eigenvalue weighted by atomic mass is 10.2. The predicted molar refractivity (Wildman–Crippen MR) is 70.6 cm³/mol. The Hall–Kier alpha value is -1.88. The molecule has 5 nitrogen and oxygen atoms in total. The van der Waals surface area contributed by atoms with Crippen LogP contribution in [0, 0.1) is 0 Å². The Morgan fingerprint density at radius 2 is 2.11 bits per heavy atom. The number of carbonyl (C=O) groups excluding carboxylic acids is 1. The average molecular weight is 263 g/mol. The first-order valence-corrected chi connectivity index (χ1v) is 6.05. The van der Waals surface area contributed by atoms with Crippen LogP contribution in [0.25, 0.3) is 10.9 Å². The van der Waals surface area contributed by atoms with E-state index in [9.17, 15) is 4.79 Å². The maximum atomic E-state index is 11.8. The number of fused-ring (bicyclic) bond motifs is 1. The van der Waals surface area contributed by atoms with E-state index in [2.05, 4.69) is 9.97 Å². The molecule has 1 unspecified atom stereocenters. The second kappa shape index (κ2) is 4.10. The second-order valence-corrected chi connectivity index (χ2v) is 4.85. The van der Waals surface area contributed by atoms with Crippen molar-refractivity contribution in [2.24, 2.45) is 0 Å². The largest absolute Gasteiger partial charge is 0.383 e. The van der Waals surface area contributed by atoms with E-state index >= 15 is 0 Å². The fraction of sp³-hybridized carbons (Fsp3) is 0.250. The number of nitrogens with two attached hydrogens (primary N) is 1. The summed E-state index contributed by atoms with van der Waals surface area (Å²) in [6.07, 6.45) is 0.317. The van der Waals surface area contributed by atoms with Crippen molar-refractivity contribution < 1.29 is 4.79 Å². The molecule has 1 aliphatic heterocycles. The van der Waals surface area contributed by atoms with E-state index in [0.29, 0.717) is 24.7 Å². The molecule has 2 aromatic rings. The number of benzene rings is 1. The van der Waals surface area contributed by atoms with Crippen molar-refractivity contribution in [3.05, 3.63) is 24.3 Å². The van der Waals surface area contributed by atoms with Gasteiger partial charge in [0.1, 0.15) is 5.82 Å². The Bertz CT molecular complexity index is 631. The number of rotatable bonds is 1. The zero-order valence-corrected chi connectivity index (χ0v) is 10.3. The lowest BCUT2D eigenvalue weighted by Crippen LogP contribution is -2.27. The summed E-state index contributed by atoms with van der Waals surface area (Å²) in [6, 6.07) is 7.44. The van der Waals surface area contributed by atoms with E-state index in [4.69, 9.17) is 17.3 Å². The summed E-state index contributed by atoms with van der Waals surface area (Å²) in [5.74, 6) is 0.644. The quantitative estimate of drug-likeness (QED) is 0.792. The summed E-state index contributed by atoms with van der Waals surface area (Å²) in [5.41, 5.74) is 6.61. The molecule has 1 amide bonds. The summed E-state index contributed by atoms with van der Waals surface area (Å²) >= 11 is 5.96. The van der Waals surface area contributed by atoms with Gasteiger partial charge in [-0.25, -0.2) is 4.98 Å². The van der Waals surface area contributed by atoms with Gasteiger partial charge in [0, 0.05) is 18.4 Å². The highest BCUT2D eigenvalue weighted by atomic mass is 35.5. The van der Waals surface area contributed by atoms with E-state index in [1.807, 2.05) is 24.3 Å². The molecule has 0 bridgehead atoms. The van der Waals surface area contributed by atoms with Crippen LogP contribution in [0.1, 0.15) is 6.42 Å². The molecule has 1 aromatic carbocycles. The molecule has 2 heterocycles. The van der Waals surface area contributed by atoms with E-state index in [1.54, 1.807) is 0 Å². The van der Waals surface area contributed by atoms with Gasteiger partial charge in [-0.2, -0.15) is 4.98 Å². The molecular formula is C12H11ClN4O. The number of alkyl halides is 1. The topological polar surface area (TPSA) is 72.1 Å². The minimum atomic E-state index is -0.186. The fourth-order valence-corrected chi connectivity index (χ4v) is 2.34. The summed E-state index contributed by atoms with van der Waals surface area (Å²) in [6.45, 7) is 0.429. The Morgan fingerprint density at radius 1 is 1.33 bits per heavy atom. The second-order valence-electron chi connectivity index (χ2n) is 4.23. The standard InChI is InChI=1S/C12H11ClN4O/c13-7-5-10(18)17(6-7)12-15-9-4-2-1-3-8(9)11(14)16-12/h1-4,7H,5-6H2,(H2,14,15,16). The molecule has 0 saturated carbocycles. The molecular weight excluding hydrogens is 252 g/mol. The number of amides is 1. The van der Waals surface area contributed by atoms with Crippen LogP contribution in [0.5, 0.6) is 0 Å².